The van der Waals surface area contributed by atoms with Crippen LogP contribution in [0.4, 0.5) is 0 Å². The van der Waals surface area contributed by atoms with Gasteiger partial charge in [-0.2, -0.15) is 0 Å². The fraction of sp³-hybridized carbons (Fsp3) is 0.235. The predicted molar refractivity (Wildman–Crippen MR) is 82.4 cm³/mol. The molecule has 108 valence electrons. The highest BCUT2D eigenvalue weighted by Gasteiger charge is 2.03. The zero-order valence-corrected chi connectivity index (χ0v) is 12.2. The van der Waals surface area contributed by atoms with Crippen LogP contribution in [0.5, 0.6) is 11.5 Å². The number of benzene rings is 1. The van der Waals surface area contributed by atoms with E-state index in [9.17, 15) is 0 Å². The van der Waals surface area contributed by atoms with Crippen LogP contribution in [0.2, 0.25) is 0 Å². The molecule has 0 fully saturated rings. The summed E-state index contributed by atoms with van der Waals surface area (Å²) >= 11 is 0. The Morgan fingerprint density at radius 1 is 1.19 bits per heavy atom. The molecule has 1 N–H and O–H groups in total. The number of hydrogen-bond donors (Lipinski definition) is 1. The number of ether oxygens (including phenoxy) is 2. The molecule has 0 saturated heterocycles. The Bertz CT molecular complexity index is 630. The molecule has 4 heteroatoms. The Morgan fingerprint density at radius 2 is 2.10 bits per heavy atom. The molecule has 0 aliphatic carbocycles. The Labute approximate surface area is 125 Å². The normalized spacial score (nSPS) is 9.62. The minimum absolute atomic E-state index is 0.601. The van der Waals surface area contributed by atoms with E-state index >= 15 is 0 Å². The highest BCUT2D eigenvalue weighted by molar-refractivity contribution is 5.40. The van der Waals surface area contributed by atoms with Crippen LogP contribution in [-0.4, -0.2) is 25.7 Å². The molecule has 21 heavy (non-hydrogen) atoms. The highest BCUT2D eigenvalue weighted by atomic mass is 16.5. The van der Waals surface area contributed by atoms with Crippen LogP contribution < -0.4 is 14.8 Å². The van der Waals surface area contributed by atoms with E-state index in [-0.39, 0.29) is 0 Å². The molecule has 0 amide bonds. The maximum atomic E-state index is 5.35. The van der Waals surface area contributed by atoms with E-state index in [4.69, 9.17) is 9.47 Å². The van der Waals surface area contributed by atoms with Gasteiger partial charge in [-0.25, -0.2) is 0 Å². The SMILES string of the molecule is COc1ccc(CNCC#Cc2cccnc2)c(OC)c1. The number of methoxy groups -OCH3 is 2. The molecular formula is C17H18N2O2. The van der Waals surface area contributed by atoms with Crippen molar-refractivity contribution in [1.82, 2.24) is 10.3 Å². The van der Waals surface area contributed by atoms with Crippen LogP contribution in [0.1, 0.15) is 11.1 Å². The number of nitrogens with one attached hydrogen (secondary N) is 1. The first-order chi connectivity index (χ1) is 10.3. The van der Waals surface area contributed by atoms with Gasteiger partial charge >= 0.3 is 0 Å². The van der Waals surface area contributed by atoms with E-state index in [1.165, 1.54) is 0 Å². The number of nitrogens with zero attached hydrogens (tertiary/aromatic N) is 1. The fourth-order valence-corrected chi connectivity index (χ4v) is 1.84. The smallest absolute Gasteiger partial charge is 0.127 e. The van der Waals surface area contributed by atoms with Crippen molar-refractivity contribution >= 4 is 0 Å². The summed E-state index contributed by atoms with van der Waals surface area (Å²) in [5.74, 6) is 7.71. The van der Waals surface area contributed by atoms with Gasteiger partial charge in [-0.1, -0.05) is 17.9 Å². The Kier molecular flexibility index (Phi) is 5.62. The number of rotatable bonds is 5. The summed E-state index contributed by atoms with van der Waals surface area (Å²) in [5, 5.41) is 3.27. The van der Waals surface area contributed by atoms with Gasteiger partial charge in [0.25, 0.3) is 0 Å². The summed E-state index contributed by atoms with van der Waals surface area (Å²) < 4.78 is 10.5. The average Bonchev–Trinajstić information content (AvgIpc) is 2.55. The second-order valence-electron chi connectivity index (χ2n) is 4.32. The Balaban J connectivity index is 1.88. The van der Waals surface area contributed by atoms with Crippen LogP contribution in [0.25, 0.3) is 0 Å². The molecule has 0 aliphatic heterocycles. The summed E-state index contributed by atoms with van der Waals surface area (Å²) in [7, 11) is 3.29. The van der Waals surface area contributed by atoms with E-state index < -0.39 is 0 Å². The quantitative estimate of drug-likeness (QED) is 0.674. The van der Waals surface area contributed by atoms with Crippen molar-refractivity contribution in [3.8, 4) is 23.3 Å². The first kappa shape index (κ1) is 14.9. The van der Waals surface area contributed by atoms with E-state index in [0.717, 1.165) is 22.6 Å². The molecule has 4 nitrogen and oxygen atoms in total. The third kappa shape index (κ3) is 4.51. The Hall–Kier alpha value is -2.51. The molecular weight excluding hydrogens is 264 g/mol. The van der Waals surface area contributed by atoms with Crippen LogP contribution in [0.3, 0.4) is 0 Å². The van der Waals surface area contributed by atoms with Gasteiger partial charge in [0.05, 0.1) is 20.8 Å². The second-order valence-corrected chi connectivity index (χ2v) is 4.32. The van der Waals surface area contributed by atoms with Gasteiger partial charge in [0, 0.05) is 36.1 Å². The maximum Gasteiger partial charge on any atom is 0.127 e. The molecule has 0 radical (unpaired) electrons. The standard InChI is InChI=1S/C17H18N2O2/c1-20-16-8-7-15(17(11-16)21-2)13-19-10-4-6-14-5-3-9-18-12-14/h3,5,7-9,11-12,19H,10,13H2,1-2H3. The number of aromatic nitrogens is 1. The third-order valence-corrected chi connectivity index (χ3v) is 2.92. The van der Waals surface area contributed by atoms with Crippen molar-refractivity contribution in [3.63, 3.8) is 0 Å². The van der Waals surface area contributed by atoms with Crippen molar-refractivity contribution in [1.29, 1.82) is 0 Å². The van der Waals surface area contributed by atoms with E-state index in [2.05, 4.69) is 22.1 Å². The zero-order valence-electron chi connectivity index (χ0n) is 12.2. The van der Waals surface area contributed by atoms with Gasteiger partial charge in [-0.05, 0) is 18.2 Å². The molecule has 0 atom stereocenters. The molecule has 0 saturated carbocycles. The molecule has 0 unspecified atom stereocenters. The highest BCUT2D eigenvalue weighted by Crippen LogP contribution is 2.24. The van der Waals surface area contributed by atoms with Crippen LogP contribution in [0, 0.1) is 11.8 Å². The molecule has 2 rings (SSSR count). The minimum Gasteiger partial charge on any atom is -0.497 e. The summed E-state index contributed by atoms with van der Waals surface area (Å²) in [5.41, 5.74) is 1.99. The van der Waals surface area contributed by atoms with E-state index in [1.807, 2.05) is 30.3 Å². The van der Waals surface area contributed by atoms with Gasteiger partial charge in [-0.15, -0.1) is 0 Å². The van der Waals surface area contributed by atoms with Crippen molar-refractivity contribution in [2.75, 3.05) is 20.8 Å². The Morgan fingerprint density at radius 3 is 2.81 bits per heavy atom. The molecule has 2 aromatic rings. The lowest BCUT2D eigenvalue weighted by Gasteiger charge is -2.10. The molecule has 1 heterocycles. The van der Waals surface area contributed by atoms with Crippen molar-refractivity contribution in [3.05, 3.63) is 53.9 Å². The summed E-state index contributed by atoms with van der Waals surface area (Å²) in [6, 6.07) is 9.59. The van der Waals surface area contributed by atoms with Crippen molar-refractivity contribution in [2.24, 2.45) is 0 Å². The molecule has 0 aliphatic rings. The second kappa shape index (κ2) is 7.93. The first-order valence-electron chi connectivity index (χ1n) is 6.64. The summed E-state index contributed by atoms with van der Waals surface area (Å²) in [6.45, 7) is 1.29. The minimum atomic E-state index is 0.601. The van der Waals surface area contributed by atoms with Crippen LogP contribution >= 0.6 is 0 Å². The van der Waals surface area contributed by atoms with E-state index in [1.54, 1.807) is 26.6 Å². The van der Waals surface area contributed by atoms with Crippen LogP contribution in [-0.2, 0) is 6.54 Å². The lowest BCUT2D eigenvalue weighted by molar-refractivity contribution is 0.390. The first-order valence-corrected chi connectivity index (χ1v) is 6.64. The topological polar surface area (TPSA) is 43.4 Å². The third-order valence-electron chi connectivity index (χ3n) is 2.92. The predicted octanol–water partition coefficient (Wildman–Crippen LogP) is 2.24. The lowest BCUT2D eigenvalue weighted by Crippen LogP contribution is -2.14. The monoisotopic (exact) mass is 282 g/mol. The van der Waals surface area contributed by atoms with Crippen molar-refractivity contribution < 1.29 is 9.47 Å². The zero-order chi connectivity index (χ0) is 14.9. The van der Waals surface area contributed by atoms with E-state index in [0.29, 0.717) is 13.1 Å². The average molecular weight is 282 g/mol. The fourth-order valence-electron chi connectivity index (χ4n) is 1.84. The van der Waals surface area contributed by atoms with Gasteiger partial charge in [0.1, 0.15) is 11.5 Å². The van der Waals surface area contributed by atoms with Crippen LogP contribution in [0.15, 0.2) is 42.7 Å². The summed E-state index contributed by atoms with van der Waals surface area (Å²) in [6.07, 6.45) is 3.49. The van der Waals surface area contributed by atoms with Crippen molar-refractivity contribution in [2.45, 2.75) is 6.54 Å². The van der Waals surface area contributed by atoms with Gasteiger partial charge in [0.2, 0.25) is 0 Å². The van der Waals surface area contributed by atoms with Gasteiger partial charge in [-0.3, -0.25) is 4.98 Å². The molecule has 0 spiro atoms. The van der Waals surface area contributed by atoms with Gasteiger partial charge in [0.15, 0.2) is 0 Å². The molecule has 1 aromatic heterocycles. The summed E-state index contributed by atoms with van der Waals surface area (Å²) in [4.78, 5) is 4.02. The molecule has 0 bridgehead atoms. The largest absolute Gasteiger partial charge is 0.497 e. The number of pyridine rings is 1. The molecule has 1 aromatic carbocycles. The van der Waals surface area contributed by atoms with Gasteiger partial charge < -0.3 is 14.8 Å². The maximum absolute atomic E-state index is 5.35. The number of hydrogen-bond acceptors (Lipinski definition) is 4. The lowest BCUT2D eigenvalue weighted by atomic mass is 10.2.